The van der Waals surface area contributed by atoms with Crippen molar-refractivity contribution in [1.82, 2.24) is 9.80 Å². The number of Topliss-reactive ketones (excluding diaryl/α,β-unsaturated/α-hetero) is 2. The summed E-state index contributed by atoms with van der Waals surface area (Å²) < 4.78 is 21.8. The second kappa shape index (κ2) is 12.4. The Morgan fingerprint density at radius 3 is 1.26 bits per heavy atom. The maximum absolute atomic E-state index is 12.2. The molecule has 0 saturated carbocycles. The summed E-state index contributed by atoms with van der Waals surface area (Å²) in [4.78, 5) is 51.3. The van der Waals surface area contributed by atoms with E-state index in [1.807, 2.05) is 0 Å². The topological polar surface area (TPSA) is 112 Å². The average molecular weight is 539 g/mol. The van der Waals surface area contributed by atoms with Crippen LogP contribution in [0, 0.1) is 0 Å². The van der Waals surface area contributed by atoms with Crippen LogP contribution in [0.15, 0.2) is 25.3 Å². The Bertz CT molecular complexity index is 837. The third kappa shape index (κ3) is 9.23. The van der Waals surface area contributed by atoms with E-state index in [0.29, 0.717) is 0 Å². The van der Waals surface area contributed by atoms with Crippen LogP contribution in [-0.4, -0.2) is 81.5 Å². The normalized spacial score (nSPS) is 22.2. The lowest BCUT2D eigenvalue weighted by atomic mass is 10.1. The fourth-order valence-electron chi connectivity index (χ4n) is 3.95. The molecule has 0 aromatic rings. The lowest BCUT2D eigenvalue weighted by Crippen LogP contribution is -2.52. The number of ether oxygens (including phenoxy) is 4. The monoisotopic (exact) mass is 538 g/mol. The number of allylic oxidation sites excluding steroid dienone is 2. The van der Waals surface area contributed by atoms with Gasteiger partial charge in [0.2, 0.25) is 0 Å². The molecule has 216 valence electrons. The summed E-state index contributed by atoms with van der Waals surface area (Å²) in [5.74, 6) is -0.183. The average Bonchev–Trinajstić information content (AvgIpc) is 3.21. The van der Waals surface area contributed by atoms with Crippen molar-refractivity contribution in [3.05, 3.63) is 25.3 Å². The largest absolute Gasteiger partial charge is 0.444 e. The number of hydrogen-bond donors (Lipinski definition) is 0. The van der Waals surface area contributed by atoms with E-state index in [1.54, 1.807) is 69.2 Å². The molecule has 2 aliphatic heterocycles. The first kappa shape index (κ1) is 33.3. The highest BCUT2D eigenvalue weighted by Gasteiger charge is 2.49. The van der Waals surface area contributed by atoms with Gasteiger partial charge in [-0.2, -0.15) is 0 Å². The van der Waals surface area contributed by atoms with Crippen LogP contribution >= 0.6 is 0 Å². The molecule has 0 aliphatic carbocycles. The SMILES string of the molecule is C=CCC(=O)[C@H]1COC(C)(C)N1C(=O)OC(C)(C)C.C=CCC(=O)[C@H]1COC(C)(C)N1C(=O)OC(C)(C)C. The summed E-state index contributed by atoms with van der Waals surface area (Å²) in [6.45, 7) is 25.2. The molecular weight excluding hydrogens is 492 g/mol. The fourth-order valence-corrected chi connectivity index (χ4v) is 3.95. The van der Waals surface area contributed by atoms with Crippen LogP contribution in [0.3, 0.4) is 0 Å². The minimum absolute atomic E-state index is 0.0913. The first-order valence-electron chi connectivity index (χ1n) is 12.8. The van der Waals surface area contributed by atoms with Crippen molar-refractivity contribution < 1.29 is 38.1 Å². The second-order valence-electron chi connectivity index (χ2n) is 12.2. The van der Waals surface area contributed by atoms with Gasteiger partial charge in [0.15, 0.2) is 11.6 Å². The fraction of sp³-hybridized carbons (Fsp3) is 0.714. The van der Waals surface area contributed by atoms with Gasteiger partial charge in [0.1, 0.15) is 34.7 Å². The number of carbonyl (C=O) groups is 4. The van der Waals surface area contributed by atoms with Crippen molar-refractivity contribution in [3.8, 4) is 0 Å². The molecule has 2 rings (SSSR count). The molecule has 2 saturated heterocycles. The van der Waals surface area contributed by atoms with E-state index < -0.39 is 46.9 Å². The van der Waals surface area contributed by atoms with Crippen LogP contribution in [0.1, 0.15) is 82.1 Å². The maximum Gasteiger partial charge on any atom is 0.413 e. The molecule has 0 aromatic heterocycles. The van der Waals surface area contributed by atoms with Gasteiger partial charge in [-0.15, -0.1) is 13.2 Å². The molecule has 0 aromatic carbocycles. The molecule has 2 heterocycles. The van der Waals surface area contributed by atoms with E-state index in [9.17, 15) is 19.2 Å². The Hall–Kier alpha value is -2.72. The molecule has 0 radical (unpaired) electrons. The molecule has 2 atom stereocenters. The van der Waals surface area contributed by atoms with Crippen LogP contribution in [0.5, 0.6) is 0 Å². The van der Waals surface area contributed by atoms with Gasteiger partial charge in [0, 0.05) is 12.8 Å². The highest BCUT2D eigenvalue weighted by Crippen LogP contribution is 2.31. The molecule has 38 heavy (non-hydrogen) atoms. The molecule has 2 amide bonds. The maximum atomic E-state index is 12.2. The molecule has 0 unspecified atom stereocenters. The third-order valence-corrected chi connectivity index (χ3v) is 5.59. The summed E-state index contributed by atoms with van der Waals surface area (Å²) in [5, 5.41) is 0. The van der Waals surface area contributed by atoms with Crippen molar-refractivity contribution in [1.29, 1.82) is 0 Å². The number of hydrogen-bond acceptors (Lipinski definition) is 8. The smallest absolute Gasteiger partial charge is 0.413 e. The summed E-state index contributed by atoms with van der Waals surface area (Å²) in [6.07, 6.45) is 2.42. The van der Waals surface area contributed by atoms with E-state index in [0.717, 1.165) is 0 Å². The lowest BCUT2D eigenvalue weighted by molar-refractivity contribution is -0.124. The van der Waals surface area contributed by atoms with E-state index in [-0.39, 0.29) is 37.6 Å². The molecule has 2 fully saturated rings. The zero-order chi connectivity index (χ0) is 29.7. The minimum atomic E-state index is -0.843. The second-order valence-corrected chi connectivity index (χ2v) is 12.2. The van der Waals surface area contributed by atoms with Gasteiger partial charge in [0.05, 0.1) is 13.2 Å². The van der Waals surface area contributed by atoms with Gasteiger partial charge in [-0.05, 0) is 69.2 Å². The Kier molecular flexibility index (Phi) is 10.9. The van der Waals surface area contributed by atoms with Crippen LogP contribution < -0.4 is 0 Å². The molecule has 0 spiro atoms. The van der Waals surface area contributed by atoms with Gasteiger partial charge >= 0.3 is 12.2 Å². The van der Waals surface area contributed by atoms with E-state index in [4.69, 9.17) is 18.9 Å². The molecule has 10 heteroatoms. The van der Waals surface area contributed by atoms with Crippen molar-refractivity contribution in [2.24, 2.45) is 0 Å². The zero-order valence-electron chi connectivity index (χ0n) is 24.7. The first-order valence-corrected chi connectivity index (χ1v) is 12.8. The number of amides is 2. The molecule has 2 aliphatic rings. The van der Waals surface area contributed by atoms with E-state index >= 15 is 0 Å². The van der Waals surface area contributed by atoms with E-state index in [2.05, 4.69) is 13.2 Å². The predicted octanol–water partition coefficient (Wildman–Crippen LogP) is 5.01. The number of ketones is 2. The predicted molar refractivity (Wildman–Crippen MR) is 143 cm³/mol. The Balaban J connectivity index is 0.000000380. The van der Waals surface area contributed by atoms with Gasteiger partial charge in [0.25, 0.3) is 0 Å². The van der Waals surface area contributed by atoms with Crippen molar-refractivity contribution in [2.75, 3.05) is 13.2 Å². The molecular formula is C28H46N2O8. The highest BCUT2D eigenvalue weighted by molar-refractivity contribution is 5.90. The number of nitrogens with zero attached hydrogens (tertiary/aromatic N) is 2. The first-order chi connectivity index (χ1) is 17.2. The molecule has 0 N–H and O–H groups in total. The van der Waals surface area contributed by atoms with Gasteiger partial charge in [-0.25, -0.2) is 9.59 Å². The lowest BCUT2D eigenvalue weighted by Gasteiger charge is -2.34. The Morgan fingerprint density at radius 1 is 0.737 bits per heavy atom. The third-order valence-electron chi connectivity index (χ3n) is 5.59. The van der Waals surface area contributed by atoms with Crippen LogP contribution in [-0.2, 0) is 28.5 Å². The highest BCUT2D eigenvalue weighted by atomic mass is 16.6. The summed E-state index contributed by atoms with van der Waals surface area (Å²) >= 11 is 0. The summed E-state index contributed by atoms with van der Waals surface area (Å²) in [7, 11) is 0. The van der Waals surface area contributed by atoms with Crippen molar-refractivity contribution in [2.45, 2.75) is 117 Å². The van der Waals surface area contributed by atoms with Crippen LogP contribution in [0.4, 0.5) is 9.59 Å². The van der Waals surface area contributed by atoms with Gasteiger partial charge < -0.3 is 18.9 Å². The van der Waals surface area contributed by atoms with Crippen LogP contribution in [0.25, 0.3) is 0 Å². The molecule has 0 bridgehead atoms. The zero-order valence-corrected chi connectivity index (χ0v) is 24.7. The van der Waals surface area contributed by atoms with E-state index in [1.165, 1.54) is 22.0 Å². The quantitative estimate of drug-likeness (QED) is 0.434. The summed E-state index contributed by atoms with van der Waals surface area (Å²) in [6, 6.07) is -1.22. The van der Waals surface area contributed by atoms with Crippen molar-refractivity contribution >= 4 is 23.8 Å². The van der Waals surface area contributed by atoms with Crippen molar-refractivity contribution in [3.63, 3.8) is 0 Å². The number of rotatable bonds is 6. The number of carbonyl (C=O) groups excluding carboxylic acids is 4. The Morgan fingerprint density at radius 2 is 1.03 bits per heavy atom. The Labute approximate surface area is 227 Å². The summed E-state index contributed by atoms with van der Waals surface area (Å²) in [5.41, 5.74) is -2.91. The minimum Gasteiger partial charge on any atom is -0.444 e. The standard InChI is InChI=1S/2C14H23NO4/c2*1-7-8-11(16)10-9-18-14(5,6)15(10)12(17)19-13(2,3)4/h2*7,10H,1,8-9H2,2-6H3/t2*10-/m11/s1. The van der Waals surface area contributed by atoms with Crippen LogP contribution in [0.2, 0.25) is 0 Å². The molecule has 10 nitrogen and oxygen atoms in total. The van der Waals surface area contributed by atoms with Gasteiger partial charge in [-0.1, -0.05) is 12.2 Å². The van der Waals surface area contributed by atoms with Gasteiger partial charge in [-0.3, -0.25) is 19.4 Å².